The van der Waals surface area contributed by atoms with E-state index < -0.39 is 0 Å². The number of aromatic nitrogens is 3. The summed E-state index contributed by atoms with van der Waals surface area (Å²) in [6, 6.07) is 18.8. The minimum Gasteiger partial charge on any atom is -0.360 e. The molecule has 0 radical (unpaired) electrons. The molecule has 4 nitrogen and oxygen atoms in total. The molecule has 3 heterocycles. The smallest absolute Gasteiger partial charge is 0.226 e. The molecular weight excluding hydrogens is 412 g/mol. The van der Waals surface area contributed by atoms with Crippen molar-refractivity contribution in [3.63, 3.8) is 0 Å². The average Bonchev–Trinajstić information content (AvgIpc) is 3.19. The Morgan fingerprint density at radius 2 is 1.61 bits per heavy atom. The second kappa shape index (κ2) is 7.40. The summed E-state index contributed by atoms with van der Waals surface area (Å²) in [6.45, 7) is 2.05. The van der Waals surface area contributed by atoms with Crippen LogP contribution in [-0.4, -0.2) is 28.0 Å². The van der Waals surface area contributed by atoms with Crippen molar-refractivity contribution in [3.05, 3.63) is 65.3 Å². The monoisotopic (exact) mass is 432 g/mol. The highest BCUT2D eigenvalue weighted by Gasteiger charge is 2.18. The molecule has 0 unspecified atom stereocenters. The number of H-pyrrole nitrogens is 1. The van der Waals surface area contributed by atoms with Crippen LogP contribution in [0.2, 0.25) is 0 Å². The van der Waals surface area contributed by atoms with E-state index in [9.17, 15) is 0 Å². The number of hydrogen-bond acceptors (Lipinski definition) is 3. The van der Waals surface area contributed by atoms with Crippen molar-refractivity contribution in [3.8, 4) is 22.5 Å². The first-order valence-corrected chi connectivity index (χ1v) is 10.5. The van der Waals surface area contributed by atoms with Gasteiger partial charge in [-0.3, -0.25) is 0 Å². The zero-order chi connectivity index (χ0) is 18.9. The third kappa shape index (κ3) is 3.31. The summed E-state index contributed by atoms with van der Waals surface area (Å²) in [5, 5.41) is 1.19. The Bertz CT molecular complexity index is 1110. The molecule has 28 heavy (non-hydrogen) atoms. The maximum Gasteiger partial charge on any atom is 0.226 e. The topological polar surface area (TPSA) is 44.8 Å². The lowest BCUT2D eigenvalue weighted by Gasteiger charge is -2.27. The Morgan fingerprint density at radius 1 is 0.857 bits per heavy atom. The second-order valence-electron chi connectivity index (χ2n) is 7.24. The quantitative estimate of drug-likeness (QED) is 0.428. The predicted octanol–water partition coefficient (Wildman–Crippen LogP) is 6.04. The van der Waals surface area contributed by atoms with E-state index in [-0.39, 0.29) is 0 Å². The molecule has 140 valence electrons. The molecule has 0 saturated carbocycles. The number of halogens is 1. The number of rotatable bonds is 3. The van der Waals surface area contributed by atoms with Crippen LogP contribution in [0.3, 0.4) is 0 Å². The fraction of sp³-hybridized carbons (Fsp3) is 0.217. The van der Waals surface area contributed by atoms with Crippen molar-refractivity contribution in [2.75, 3.05) is 18.0 Å². The van der Waals surface area contributed by atoms with E-state index >= 15 is 0 Å². The van der Waals surface area contributed by atoms with Gasteiger partial charge >= 0.3 is 0 Å². The molecule has 1 saturated heterocycles. The number of nitrogens with one attached hydrogen (secondary N) is 1. The summed E-state index contributed by atoms with van der Waals surface area (Å²) in [5.74, 6) is 0.834. The number of aromatic amines is 1. The molecule has 0 amide bonds. The molecule has 5 heteroatoms. The highest BCUT2D eigenvalue weighted by Crippen LogP contribution is 2.32. The van der Waals surface area contributed by atoms with Crippen LogP contribution in [0.5, 0.6) is 0 Å². The molecule has 0 atom stereocenters. The number of piperidine rings is 1. The molecular formula is C23H21BrN4. The van der Waals surface area contributed by atoms with Gasteiger partial charge in [-0.25, -0.2) is 9.97 Å². The molecule has 0 bridgehead atoms. The van der Waals surface area contributed by atoms with Crippen molar-refractivity contribution in [1.82, 2.24) is 15.0 Å². The first kappa shape index (κ1) is 17.4. The molecule has 2 aromatic carbocycles. The van der Waals surface area contributed by atoms with Gasteiger partial charge in [0.1, 0.15) is 0 Å². The largest absolute Gasteiger partial charge is 0.360 e. The second-order valence-corrected chi connectivity index (χ2v) is 8.16. The van der Waals surface area contributed by atoms with Gasteiger partial charge in [0.25, 0.3) is 0 Å². The minimum absolute atomic E-state index is 0.834. The van der Waals surface area contributed by atoms with Crippen LogP contribution in [0.1, 0.15) is 19.3 Å². The van der Waals surface area contributed by atoms with Crippen LogP contribution in [0.4, 0.5) is 5.95 Å². The number of fused-ring (bicyclic) bond motifs is 1. The first-order valence-electron chi connectivity index (χ1n) is 9.74. The molecule has 1 fully saturated rings. The van der Waals surface area contributed by atoms with Gasteiger partial charge in [0.05, 0.1) is 11.4 Å². The zero-order valence-electron chi connectivity index (χ0n) is 15.5. The SMILES string of the molecule is Brc1ccc(-c2cc(-c3c[nH]c4ccccc34)nc(N3CCCCC3)n2)cc1. The fourth-order valence-electron chi connectivity index (χ4n) is 3.86. The Kier molecular flexibility index (Phi) is 4.61. The van der Waals surface area contributed by atoms with E-state index in [1.54, 1.807) is 0 Å². The number of nitrogens with zero attached hydrogens (tertiary/aromatic N) is 3. The van der Waals surface area contributed by atoms with Gasteiger partial charge in [-0.1, -0.05) is 46.3 Å². The summed E-state index contributed by atoms with van der Waals surface area (Å²) in [6.07, 6.45) is 5.75. The normalized spacial score (nSPS) is 14.5. The fourth-order valence-corrected chi connectivity index (χ4v) is 4.12. The van der Waals surface area contributed by atoms with Crippen LogP contribution < -0.4 is 4.90 Å². The van der Waals surface area contributed by atoms with Gasteiger partial charge in [0.2, 0.25) is 5.95 Å². The van der Waals surface area contributed by atoms with Gasteiger partial charge in [-0.05, 0) is 43.5 Å². The first-order chi connectivity index (χ1) is 13.8. The van der Waals surface area contributed by atoms with E-state index in [1.807, 2.05) is 0 Å². The standard InChI is InChI=1S/C23H21BrN4/c24-17-10-8-16(9-11-17)21-14-22(19-15-25-20-7-3-2-6-18(19)20)27-23(26-21)28-12-4-1-5-13-28/h2-3,6-11,14-15,25H,1,4-5,12-13H2. The summed E-state index contributed by atoms with van der Waals surface area (Å²) < 4.78 is 1.07. The lowest BCUT2D eigenvalue weighted by atomic mass is 10.1. The van der Waals surface area contributed by atoms with Crippen LogP contribution >= 0.6 is 15.9 Å². The van der Waals surface area contributed by atoms with Crippen LogP contribution in [0.25, 0.3) is 33.4 Å². The summed E-state index contributed by atoms with van der Waals surface area (Å²) >= 11 is 3.52. The summed E-state index contributed by atoms with van der Waals surface area (Å²) in [7, 11) is 0. The maximum atomic E-state index is 4.98. The van der Waals surface area contributed by atoms with Crippen molar-refractivity contribution >= 4 is 32.8 Å². The molecule has 1 aliphatic rings. The Hall–Kier alpha value is -2.66. The lowest BCUT2D eigenvalue weighted by molar-refractivity contribution is 0.568. The van der Waals surface area contributed by atoms with Gasteiger partial charge in [-0.15, -0.1) is 0 Å². The van der Waals surface area contributed by atoms with Crippen molar-refractivity contribution in [1.29, 1.82) is 0 Å². The Balaban J connectivity index is 1.67. The third-order valence-electron chi connectivity index (χ3n) is 5.36. The van der Waals surface area contributed by atoms with E-state index in [0.29, 0.717) is 0 Å². The van der Waals surface area contributed by atoms with Gasteiger partial charge < -0.3 is 9.88 Å². The maximum absolute atomic E-state index is 4.98. The third-order valence-corrected chi connectivity index (χ3v) is 5.89. The molecule has 1 aliphatic heterocycles. The average molecular weight is 433 g/mol. The van der Waals surface area contributed by atoms with E-state index in [4.69, 9.17) is 9.97 Å². The number of para-hydroxylation sites is 1. The lowest BCUT2D eigenvalue weighted by Crippen LogP contribution is -2.31. The van der Waals surface area contributed by atoms with E-state index in [0.717, 1.165) is 51.5 Å². The molecule has 1 N–H and O–H groups in total. The van der Waals surface area contributed by atoms with Gasteiger partial charge in [0.15, 0.2) is 0 Å². The number of benzene rings is 2. The summed E-state index contributed by atoms with van der Waals surface area (Å²) in [4.78, 5) is 15.6. The van der Waals surface area contributed by atoms with Crippen LogP contribution in [0.15, 0.2) is 65.3 Å². The molecule has 0 spiro atoms. The van der Waals surface area contributed by atoms with E-state index in [2.05, 4.69) is 86.6 Å². The van der Waals surface area contributed by atoms with Gasteiger partial charge in [0, 0.05) is 45.8 Å². The minimum atomic E-state index is 0.834. The molecule has 2 aromatic heterocycles. The molecule has 5 rings (SSSR count). The van der Waals surface area contributed by atoms with Crippen molar-refractivity contribution in [2.24, 2.45) is 0 Å². The van der Waals surface area contributed by atoms with Crippen LogP contribution in [-0.2, 0) is 0 Å². The Morgan fingerprint density at radius 3 is 2.43 bits per heavy atom. The van der Waals surface area contributed by atoms with Crippen molar-refractivity contribution < 1.29 is 0 Å². The number of anilines is 1. The highest BCUT2D eigenvalue weighted by molar-refractivity contribution is 9.10. The zero-order valence-corrected chi connectivity index (χ0v) is 17.1. The van der Waals surface area contributed by atoms with Gasteiger partial charge in [-0.2, -0.15) is 0 Å². The molecule has 0 aliphatic carbocycles. The predicted molar refractivity (Wildman–Crippen MR) is 119 cm³/mol. The Labute approximate surface area is 172 Å². The number of hydrogen-bond donors (Lipinski definition) is 1. The summed E-state index contributed by atoms with van der Waals surface area (Å²) in [5.41, 5.74) is 5.27. The van der Waals surface area contributed by atoms with Crippen molar-refractivity contribution in [2.45, 2.75) is 19.3 Å². The molecule has 4 aromatic rings. The highest BCUT2D eigenvalue weighted by atomic mass is 79.9. The van der Waals surface area contributed by atoms with Crippen LogP contribution in [0, 0.1) is 0 Å². The van der Waals surface area contributed by atoms with E-state index in [1.165, 1.54) is 24.6 Å².